The first-order valence-corrected chi connectivity index (χ1v) is 6.78. The van der Waals surface area contributed by atoms with Gasteiger partial charge < -0.3 is 5.73 Å². The summed E-state index contributed by atoms with van der Waals surface area (Å²) in [6.45, 7) is 3.97. The first-order valence-electron chi connectivity index (χ1n) is 5.30. The zero-order valence-electron chi connectivity index (χ0n) is 9.70. The Labute approximate surface area is 100 Å². The number of benzene rings is 1. The molecule has 0 spiro atoms. The van der Waals surface area contributed by atoms with Crippen molar-refractivity contribution in [2.24, 2.45) is 5.41 Å². The molecule has 1 aliphatic rings. The van der Waals surface area contributed by atoms with Gasteiger partial charge in [0, 0.05) is 6.04 Å². The number of hydrogen-bond donors (Lipinski definition) is 2. The predicted molar refractivity (Wildman–Crippen MR) is 63.3 cm³/mol. The second kappa shape index (κ2) is 3.68. The van der Waals surface area contributed by atoms with Gasteiger partial charge in [-0.15, -0.1) is 0 Å². The number of nitrogen functional groups attached to an aromatic ring is 1. The van der Waals surface area contributed by atoms with E-state index in [4.69, 9.17) is 5.73 Å². The minimum Gasteiger partial charge on any atom is -0.396 e. The molecule has 1 fully saturated rings. The maximum atomic E-state index is 12.9. The molecule has 17 heavy (non-hydrogen) atoms. The Morgan fingerprint density at radius 3 is 2.53 bits per heavy atom. The van der Waals surface area contributed by atoms with Gasteiger partial charge in [-0.1, -0.05) is 13.8 Å². The van der Waals surface area contributed by atoms with Gasteiger partial charge in [0.15, 0.2) is 0 Å². The van der Waals surface area contributed by atoms with Crippen molar-refractivity contribution in [1.82, 2.24) is 4.72 Å². The molecule has 0 heterocycles. The smallest absolute Gasteiger partial charge is 0.240 e. The fraction of sp³-hybridized carbons (Fsp3) is 0.455. The van der Waals surface area contributed by atoms with Crippen molar-refractivity contribution in [2.45, 2.75) is 31.2 Å². The van der Waals surface area contributed by atoms with Crippen LogP contribution in [-0.4, -0.2) is 14.5 Å². The fourth-order valence-corrected chi connectivity index (χ4v) is 3.06. The molecule has 1 aromatic rings. The number of hydrogen-bond acceptors (Lipinski definition) is 3. The van der Waals surface area contributed by atoms with E-state index < -0.39 is 15.8 Å². The molecular formula is C11H15FN2O2S. The molecule has 4 nitrogen and oxygen atoms in total. The fourth-order valence-electron chi connectivity index (χ4n) is 1.61. The van der Waals surface area contributed by atoms with Gasteiger partial charge >= 0.3 is 0 Å². The lowest BCUT2D eigenvalue weighted by Gasteiger charge is -2.08. The molecule has 94 valence electrons. The van der Waals surface area contributed by atoms with E-state index in [1.807, 2.05) is 13.8 Å². The van der Waals surface area contributed by atoms with Crippen LogP contribution in [0.15, 0.2) is 23.1 Å². The number of anilines is 1. The zero-order chi connectivity index (χ0) is 12.8. The van der Waals surface area contributed by atoms with Crippen molar-refractivity contribution < 1.29 is 12.8 Å². The summed E-state index contributed by atoms with van der Waals surface area (Å²) in [5.41, 5.74) is 5.18. The monoisotopic (exact) mass is 258 g/mol. The Kier molecular flexibility index (Phi) is 2.67. The summed E-state index contributed by atoms with van der Waals surface area (Å²) in [6.07, 6.45) is 0.808. The summed E-state index contributed by atoms with van der Waals surface area (Å²) in [7, 11) is -3.60. The van der Waals surface area contributed by atoms with Gasteiger partial charge in [0.2, 0.25) is 10.0 Å². The summed E-state index contributed by atoms with van der Waals surface area (Å²) >= 11 is 0. The maximum Gasteiger partial charge on any atom is 0.240 e. The van der Waals surface area contributed by atoms with Crippen molar-refractivity contribution in [3.8, 4) is 0 Å². The molecule has 2 rings (SSSR count). The van der Waals surface area contributed by atoms with Crippen LogP contribution in [0.3, 0.4) is 0 Å². The van der Waals surface area contributed by atoms with Crippen molar-refractivity contribution in [3.63, 3.8) is 0 Å². The summed E-state index contributed by atoms with van der Waals surface area (Å²) < 4.78 is 39.4. The quantitative estimate of drug-likeness (QED) is 0.807. The molecule has 1 atom stereocenters. The molecular weight excluding hydrogens is 243 g/mol. The van der Waals surface area contributed by atoms with Crippen molar-refractivity contribution in [3.05, 3.63) is 24.0 Å². The molecule has 0 aromatic heterocycles. The summed E-state index contributed by atoms with van der Waals surface area (Å²) in [5, 5.41) is 0. The first-order chi connectivity index (χ1) is 7.72. The second-order valence-corrected chi connectivity index (χ2v) is 6.76. The summed E-state index contributed by atoms with van der Waals surface area (Å²) in [5.74, 6) is -0.615. The van der Waals surface area contributed by atoms with E-state index in [0.717, 1.165) is 18.6 Å². The Morgan fingerprint density at radius 2 is 2.06 bits per heavy atom. The Bertz CT molecular complexity index is 555. The topological polar surface area (TPSA) is 72.2 Å². The Morgan fingerprint density at radius 1 is 1.47 bits per heavy atom. The van der Waals surface area contributed by atoms with Gasteiger partial charge in [-0.05, 0) is 30.0 Å². The van der Waals surface area contributed by atoms with Gasteiger partial charge in [0.25, 0.3) is 0 Å². The lowest BCUT2D eigenvalue weighted by atomic mass is 10.2. The molecule has 0 radical (unpaired) electrons. The highest BCUT2D eigenvalue weighted by atomic mass is 32.2. The molecule has 6 heteroatoms. The average molecular weight is 258 g/mol. The SMILES string of the molecule is CC1(C)CC1NS(=O)(=O)c1ccc(F)c(N)c1. The van der Waals surface area contributed by atoms with E-state index in [9.17, 15) is 12.8 Å². The van der Waals surface area contributed by atoms with Crippen LogP contribution in [0.25, 0.3) is 0 Å². The van der Waals surface area contributed by atoms with Gasteiger partial charge in [-0.25, -0.2) is 17.5 Å². The van der Waals surface area contributed by atoms with Crippen molar-refractivity contribution in [1.29, 1.82) is 0 Å². The molecule has 0 aliphatic heterocycles. The Balaban J connectivity index is 2.23. The number of rotatable bonds is 3. The van der Waals surface area contributed by atoms with Crippen LogP contribution in [-0.2, 0) is 10.0 Å². The van der Waals surface area contributed by atoms with Gasteiger partial charge in [-0.3, -0.25) is 0 Å². The van der Waals surface area contributed by atoms with Crippen LogP contribution in [0.1, 0.15) is 20.3 Å². The molecule has 1 unspecified atom stereocenters. The summed E-state index contributed by atoms with van der Waals surface area (Å²) in [6, 6.07) is 3.34. The van der Waals surface area contributed by atoms with Crippen LogP contribution < -0.4 is 10.5 Å². The maximum absolute atomic E-state index is 12.9. The van der Waals surface area contributed by atoms with Gasteiger partial charge in [0.1, 0.15) is 5.82 Å². The predicted octanol–water partition coefficient (Wildman–Crippen LogP) is 1.48. The second-order valence-electron chi connectivity index (χ2n) is 5.05. The van der Waals surface area contributed by atoms with Crippen LogP contribution in [0.4, 0.5) is 10.1 Å². The number of nitrogens with two attached hydrogens (primary N) is 1. The largest absolute Gasteiger partial charge is 0.396 e. The average Bonchev–Trinajstić information content (AvgIpc) is 2.77. The highest BCUT2D eigenvalue weighted by Crippen LogP contribution is 2.45. The molecule has 1 aliphatic carbocycles. The zero-order valence-corrected chi connectivity index (χ0v) is 10.5. The van der Waals surface area contributed by atoms with Gasteiger partial charge in [-0.2, -0.15) is 0 Å². The minimum atomic E-state index is -3.60. The Hall–Kier alpha value is -1.14. The van der Waals surface area contributed by atoms with E-state index in [2.05, 4.69) is 4.72 Å². The minimum absolute atomic E-state index is 0.000833. The molecule has 1 saturated carbocycles. The molecule has 3 N–H and O–H groups in total. The van der Waals surface area contributed by atoms with E-state index in [-0.39, 0.29) is 22.0 Å². The number of halogens is 1. The lowest BCUT2D eigenvalue weighted by molar-refractivity contribution is 0.554. The van der Waals surface area contributed by atoms with Crippen molar-refractivity contribution in [2.75, 3.05) is 5.73 Å². The van der Waals surface area contributed by atoms with Crippen LogP contribution in [0.5, 0.6) is 0 Å². The van der Waals surface area contributed by atoms with E-state index in [0.29, 0.717) is 0 Å². The molecule has 0 amide bonds. The van der Waals surface area contributed by atoms with Crippen LogP contribution in [0, 0.1) is 11.2 Å². The molecule has 0 bridgehead atoms. The normalized spacial score (nSPS) is 22.4. The lowest BCUT2D eigenvalue weighted by Crippen LogP contribution is -2.28. The number of nitrogens with one attached hydrogen (secondary N) is 1. The highest BCUT2D eigenvalue weighted by molar-refractivity contribution is 7.89. The third-order valence-corrected chi connectivity index (χ3v) is 4.56. The molecule has 0 saturated heterocycles. The third-order valence-electron chi connectivity index (χ3n) is 3.09. The molecule has 1 aromatic carbocycles. The van der Waals surface area contributed by atoms with E-state index in [1.54, 1.807) is 0 Å². The summed E-state index contributed by atoms with van der Waals surface area (Å²) in [4.78, 5) is -0.000833. The third kappa shape index (κ3) is 2.42. The van der Waals surface area contributed by atoms with Crippen LogP contribution in [0.2, 0.25) is 0 Å². The van der Waals surface area contributed by atoms with Gasteiger partial charge in [0.05, 0.1) is 10.6 Å². The highest BCUT2D eigenvalue weighted by Gasteiger charge is 2.47. The van der Waals surface area contributed by atoms with E-state index in [1.165, 1.54) is 6.07 Å². The van der Waals surface area contributed by atoms with Crippen LogP contribution >= 0.6 is 0 Å². The number of sulfonamides is 1. The van der Waals surface area contributed by atoms with E-state index >= 15 is 0 Å². The first kappa shape index (κ1) is 12.3. The standard InChI is InChI=1S/C11H15FN2O2S/c1-11(2)6-10(11)14-17(15,16)7-3-4-8(12)9(13)5-7/h3-5,10,14H,6,13H2,1-2H3. The van der Waals surface area contributed by atoms with Crippen molar-refractivity contribution >= 4 is 15.7 Å².